The first-order chi connectivity index (χ1) is 7.41. The molecule has 4 nitrogen and oxygen atoms in total. The molecule has 0 saturated heterocycles. The van der Waals surface area contributed by atoms with Crippen molar-refractivity contribution < 1.29 is 9.90 Å². The van der Waals surface area contributed by atoms with Crippen molar-refractivity contribution in [2.45, 2.75) is 30.1 Å². The van der Waals surface area contributed by atoms with Crippen LogP contribution in [-0.2, 0) is 0 Å². The molecule has 1 amide bonds. The van der Waals surface area contributed by atoms with Gasteiger partial charge in [0, 0.05) is 15.8 Å². The van der Waals surface area contributed by atoms with Crippen LogP contribution in [0.4, 0.5) is 5.69 Å². The Balaban J connectivity index is 2.99. The zero-order valence-electron chi connectivity index (χ0n) is 9.31. The summed E-state index contributed by atoms with van der Waals surface area (Å²) >= 11 is 1.41. The first-order valence-corrected chi connectivity index (χ1v) is 5.84. The van der Waals surface area contributed by atoms with Gasteiger partial charge in [0.2, 0.25) is 5.91 Å². The van der Waals surface area contributed by atoms with Gasteiger partial charge < -0.3 is 16.6 Å². The Hall–Kier alpha value is -1.20. The maximum atomic E-state index is 11.2. The Morgan fingerprint density at radius 2 is 2.06 bits per heavy atom. The lowest BCUT2D eigenvalue weighted by Crippen LogP contribution is -2.17. The second-order valence-corrected chi connectivity index (χ2v) is 5.10. The number of anilines is 1. The molecule has 2 atom stereocenters. The van der Waals surface area contributed by atoms with Crippen molar-refractivity contribution in [3.8, 4) is 0 Å². The van der Waals surface area contributed by atoms with Crippen molar-refractivity contribution >= 4 is 23.4 Å². The molecular formula is C11H16N2O2S. The van der Waals surface area contributed by atoms with E-state index in [1.165, 1.54) is 11.8 Å². The molecule has 0 aliphatic heterocycles. The molecule has 5 N–H and O–H groups in total. The quantitative estimate of drug-likeness (QED) is 0.545. The van der Waals surface area contributed by atoms with Crippen molar-refractivity contribution in [2.24, 2.45) is 5.73 Å². The number of primary amides is 1. The number of hydrogen-bond donors (Lipinski definition) is 3. The number of rotatable bonds is 4. The van der Waals surface area contributed by atoms with Gasteiger partial charge >= 0.3 is 0 Å². The standard InChI is InChI=1S/C11H16N2O2S/c1-6(14)7(2)16-10-4-3-8(12)5-9(10)11(13)15/h3-7,14H,12H2,1-2H3,(H2,13,15). The number of carbonyl (C=O) groups excluding carboxylic acids is 1. The largest absolute Gasteiger partial charge is 0.399 e. The van der Waals surface area contributed by atoms with Gasteiger partial charge in [0.25, 0.3) is 0 Å². The summed E-state index contributed by atoms with van der Waals surface area (Å²) < 4.78 is 0. The van der Waals surface area contributed by atoms with Crippen molar-refractivity contribution in [1.82, 2.24) is 0 Å². The van der Waals surface area contributed by atoms with Gasteiger partial charge in [-0.05, 0) is 25.1 Å². The Morgan fingerprint density at radius 1 is 1.44 bits per heavy atom. The normalized spacial score (nSPS) is 14.4. The highest BCUT2D eigenvalue weighted by atomic mass is 32.2. The third-order valence-corrected chi connectivity index (χ3v) is 3.64. The third-order valence-electron chi connectivity index (χ3n) is 2.26. The third kappa shape index (κ3) is 3.15. The van der Waals surface area contributed by atoms with E-state index >= 15 is 0 Å². The fraction of sp³-hybridized carbons (Fsp3) is 0.364. The molecule has 0 radical (unpaired) electrons. The van der Waals surface area contributed by atoms with Crippen molar-refractivity contribution in [2.75, 3.05) is 5.73 Å². The first-order valence-electron chi connectivity index (χ1n) is 4.96. The lowest BCUT2D eigenvalue weighted by Gasteiger charge is -2.15. The number of aliphatic hydroxyl groups excluding tert-OH is 1. The summed E-state index contributed by atoms with van der Waals surface area (Å²) in [6, 6.07) is 5.02. The minimum atomic E-state index is -0.507. The van der Waals surface area contributed by atoms with Crippen LogP contribution < -0.4 is 11.5 Å². The van der Waals surface area contributed by atoms with E-state index in [2.05, 4.69) is 0 Å². The van der Waals surface area contributed by atoms with Crippen LogP contribution in [-0.4, -0.2) is 22.4 Å². The van der Waals surface area contributed by atoms with Crippen molar-refractivity contribution in [1.29, 1.82) is 0 Å². The van der Waals surface area contributed by atoms with Crippen LogP contribution in [0.2, 0.25) is 0 Å². The molecule has 0 heterocycles. The Bertz CT molecular complexity index is 394. The molecule has 0 aliphatic rings. The molecule has 0 aliphatic carbocycles. The minimum Gasteiger partial charge on any atom is -0.399 e. The van der Waals surface area contributed by atoms with E-state index in [4.69, 9.17) is 11.5 Å². The smallest absolute Gasteiger partial charge is 0.249 e. The first kappa shape index (κ1) is 12.9. The van der Waals surface area contributed by atoms with Gasteiger partial charge in [-0.3, -0.25) is 4.79 Å². The zero-order valence-corrected chi connectivity index (χ0v) is 10.1. The Kier molecular flexibility index (Phi) is 4.20. The summed E-state index contributed by atoms with van der Waals surface area (Å²) in [6.07, 6.45) is -0.455. The monoisotopic (exact) mass is 240 g/mol. The number of hydrogen-bond acceptors (Lipinski definition) is 4. The molecule has 1 rings (SSSR count). The molecule has 0 spiro atoms. The maximum Gasteiger partial charge on any atom is 0.249 e. The molecule has 0 bridgehead atoms. The highest BCUT2D eigenvalue weighted by Gasteiger charge is 2.15. The van der Waals surface area contributed by atoms with Gasteiger partial charge in [-0.2, -0.15) is 0 Å². The molecule has 1 aromatic carbocycles. The van der Waals surface area contributed by atoms with Gasteiger partial charge in [-0.1, -0.05) is 6.92 Å². The molecule has 88 valence electrons. The fourth-order valence-corrected chi connectivity index (χ4v) is 2.17. The fourth-order valence-electron chi connectivity index (χ4n) is 1.14. The second kappa shape index (κ2) is 5.23. The number of carbonyl (C=O) groups is 1. The Labute approximate surface area is 99.0 Å². The van der Waals surface area contributed by atoms with E-state index in [0.717, 1.165) is 4.90 Å². The van der Waals surface area contributed by atoms with Crippen LogP contribution in [0.15, 0.2) is 23.1 Å². The van der Waals surface area contributed by atoms with Crippen LogP contribution in [0.3, 0.4) is 0 Å². The summed E-state index contributed by atoms with van der Waals surface area (Å²) in [7, 11) is 0. The molecule has 0 fully saturated rings. The number of aliphatic hydroxyl groups is 1. The SMILES string of the molecule is CC(O)C(C)Sc1ccc(N)cc1C(N)=O. The number of amides is 1. The molecule has 0 aromatic heterocycles. The van der Waals surface area contributed by atoms with Gasteiger partial charge in [0.15, 0.2) is 0 Å². The van der Waals surface area contributed by atoms with E-state index in [9.17, 15) is 9.90 Å². The van der Waals surface area contributed by atoms with Crippen LogP contribution in [0.25, 0.3) is 0 Å². The Morgan fingerprint density at radius 3 is 2.56 bits per heavy atom. The van der Waals surface area contributed by atoms with E-state index in [-0.39, 0.29) is 5.25 Å². The lowest BCUT2D eigenvalue weighted by molar-refractivity contribution is 0.0997. The summed E-state index contributed by atoms with van der Waals surface area (Å²) in [5, 5.41) is 9.39. The van der Waals surface area contributed by atoms with Gasteiger partial charge in [-0.25, -0.2) is 0 Å². The summed E-state index contributed by atoms with van der Waals surface area (Å²) in [5.41, 5.74) is 11.8. The van der Waals surface area contributed by atoms with Gasteiger partial charge in [-0.15, -0.1) is 11.8 Å². The minimum absolute atomic E-state index is 0.0123. The second-order valence-electron chi connectivity index (χ2n) is 3.68. The zero-order chi connectivity index (χ0) is 12.3. The molecule has 0 saturated carbocycles. The molecule has 1 aromatic rings. The summed E-state index contributed by atoms with van der Waals surface area (Å²) in [4.78, 5) is 12.0. The predicted octanol–water partition coefficient (Wildman–Crippen LogP) is 1.23. The van der Waals surface area contributed by atoms with Crippen LogP contribution in [0.5, 0.6) is 0 Å². The molecule has 5 heteroatoms. The lowest BCUT2D eigenvalue weighted by atomic mass is 10.2. The van der Waals surface area contributed by atoms with Crippen LogP contribution in [0.1, 0.15) is 24.2 Å². The van der Waals surface area contributed by atoms with Crippen LogP contribution in [0, 0.1) is 0 Å². The van der Waals surface area contributed by atoms with E-state index in [1.54, 1.807) is 25.1 Å². The number of benzene rings is 1. The predicted molar refractivity (Wildman–Crippen MR) is 66.4 cm³/mol. The van der Waals surface area contributed by atoms with Gasteiger partial charge in [0.1, 0.15) is 0 Å². The average Bonchev–Trinajstić information content (AvgIpc) is 2.20. The highest BCUT2D eigenvalue weighted by molar-refractivity contribution is 8.00. The van der Waals surface area contributed by atoms with E-state index in [1.807, 2.05) is 6.92 Å². The highest BCUT2D eigenvalue weighted by Crippen LogP contribution is 2.29. The summed E-state index contributed by atoms with van der Waals surface area (Å²) in [6.45, 7) is 3.59. The number of nitrogens with two attached hydrogens (primary N) is 2. The molecule has 16 heavy (non-hydrogen) atoms. The van der Waals surface area contributed by atoms with Crippen LogP contribution >= 0.6 is 11.8 Å². The van der Waals surface area contributed by atoms with Crippen molar-refractivity contribution in [3.63, 3.8) is 0 Å². The van der Waals surface area contributed by atoms with Crippen molar-refractivity contribution in [3.05, 3.63) is 23.8 Å². The number of nitrogen functional groups attached to an aromatic ring is 1. The molecular weight excluding hydrogens is 224 g/mol. The van der Waals surface area contributed by atoms with Gasteiger partial charge in [0.05, 0.1) is 11.7 Å². The molecule has 2 unspecified atom stereocenters. The topological polar surface area (TPSA) is 89.3 Å². The van der Waals surface area contributed by atoms with E-state index < -0.39 is 12.0 Å². The average molecular weight is 240 g/mol. The van der Waals surface area contributed by atoms with E-state index in [0.29, 0.717) is 11.3 Å². The number of thioether (sulfide) groups is 1. The maximum absolute atomic E-state index is 11.2. The summed E-state index contributed by atoms with van der Waals surface area (Å²) in [5.74, 6) is -0.507.